The molecule has 0 radical (unpaired) electrons. The van der Waals surface area contributed by atoms with Gasteiger partial charge in [-0.1, -0.05) is 0 Å². The van der Waals surface area contributed by atoms with Crippen molar-refractivity contribution in [2.24, 2.45) is 5.92 Å². The Labute approximate surface area is 107 Å². The lowest BCUT2D eigenvalue weighted by atomic mass is 9.81. The molecule has 20 heavy (non-hydrogen) atoms. The Balaban J connectivity index is 2.47. The third-order valence-electron chi connectivity index (χ3n) is 3.06. The number of halogens is 6. The second kappa shape index (κ2) is 4.13. The zero-order valence-electron chi connectivity index (χ0n) is 9.42. The third-order valence-corrected chi connectivity index (χ3v) is 3.06. The summed E-state index contributed by atoms with van der Waals surface area (Å²) in [5.74, 6) is -5.27. The summed E-state index contributed by atoms with van der Waals surface area (Å²) < 4.78 is 85.2. The Morgan fingerprint density at radius 1 is 1.15 bits per heavy atom. The van der Waals surface area contributed by atoms with Gasteiger partial charge in [0.05, 0.1) is 12.3 Å². The normalized spacial score (nSPS) is 34.3. The molecule has 0 saturated carbocycles. The zero-order valence-corrected chi connectivity index (χ0v) is 9.42. The first-order valence-electron chi connectivity index (χ1n) is 5.22. The fourth-order valence-corrected chi connectivity index (χ4v) is 2.22. The van der Waals surface area contributed by atoms with Crippen LogP contribution in [0.2, 0.25) is 0 Å². The first-order valence-corrected chi connectivity index (χ1v) is 5.22. The van der Waals surface area contributed by atoms with Crippen molar-refractivity contribution in [1.29, 1.82) is 0 Å². The molecule has 10 heteroatoms. The molecule has 2 aliphatic heterocycles. The highest BCUT2D eigenvalue weighted by Gasteiger charge is 2.71. The van der Waals surface area contributed by atoms with E-state index in [1.54, 1.807) is 0 Å². The van der Waals surface area contributed by atoms with Gasteiger partial charge in [-0.15, -0.1) is 0 Å². The number of alkyl halides is 6. The van der Waals surface area contributed by atoms with E-state index in [1.807, 2.05) is 0 Å². The van der Waals surface area contributed by atoms with Crippen molar-refractivity contribution in [3.63, 3.8) is 0 Å². The highest BCUT2D eigenvalue weighted by atomic mass is 19.4. The lowest BCUT2D eigenvalue weighted by Crippen LogP contribution is -2.55. The number of carbonyl (C=O) groups is 2. The predicted octanol–water partition coefficient (Wildman–Crippen LogP) is 1.89. The predicted molar refractivity (Wildman–Crippen MR) is 48.1 cm³/mol. The maximum Gasteiger partial charge on any atom is 0.432 e. The second-order valence-corrected chi connectivity index (χ2v) is 4.31. The number of ether oxygens (including phenoxy) is 2. The Bertz CT molecular complexity index is 479. The molecule has 0 spiro atoms. The molecule has 2 rings (SSSR count). The number of carbonyl (C=O) groups excluding carboxylic acids is 2. The quantitative estimate of drug-likeness (QED) is 0.548. The Morgan fingerprint density at radius 2 is 1.75 bits per heavy atom. The van der Waals surface area contributed by atoms with Crippen LogP contribution < -0.4 is 0 Å². The van der Waals surface area contributed by atoms with Crippen LogP contribution in [0, 0.1) is 5.92 Å². The minimum atomic E-state index is -5.31. The molecule has 3 atom stereocenters. The van der Waals surface area contributed by atoms with Crippen LogP contribution in [0.1, 0.15) is 6.42 Å². The molecule has 2 heterocycles. The molecule has 0 bridgehead atoms. The number of rotatable bonds is 1. The Kier molecular flexibility index (Phi) is 3.02. The van der Waals surface area contributed by atoms with Crippen molar-refractivity contribution >= 4 is 11.9 Å². The number of esters is 2. The minimum absolute atomic E-state index is 0.195. The smallest absolute Gasteiger partial charge is 0.432 e. The third kappa shape index (κ3) is 2.12. The lowest BCUT2D eigenvalue weighted by molar-refractivity contribution is -0.287. The van der Waals surface area contributed by atoms with Crippen molar-refractivity contribution in [3.8, 4) is 0 Å². The van der Waals surface area contributed by atoms with Gasteiger partial charge in [-0.05, 0) is 6.08 Å². The molecule has 0 aromatic rings. The zero-order chi connectivity index (χ0) is 15.3. The first kappa shape index (κ1) is 14.7. The number of hydrogen-bond acceptors (Lipinski definition) is 4. The molecule has 0 aromatic carbocycles. The molecule has 0 aliphatic carbocycles. The average Bonchev–Trinajstić information content (AvgIpc) is 2.80. The van der Waals surface area contributed by atoms with Crippen LogP contribution in [0.15, 0.2) is 12.2 Å². The van der Waals surface area contributed by atoms with Crippen LogP contribution >= 0.6 is 0 Å². The molecule has 2 aliphatic rings. The standard InChI is InChI=1S/C10H6F6O4/c11-9(12,13)7-4(3-6(18)19-7)8(10(14,15)16)2-1-5(17)20-8/h1-2,4,7H,3H2. The summed E-state index contributed by atoms with van der Waals surface area (Å²) in [7, 11) is 0. The molecule has 0 amide bonds. The molecule has 1 saturated heterocycles. The van der Waals surface area contributed by atoms with Crippen LogP contribution in [-0.2, 0) is 19.1 Å². The molecule has 112 valence electrons. The van der Waals surface area contributed by atoms with Crippen molar-refractivity contribution in [2.45, 2.75) is 30.5 Å². The summed E-state index contributed by atoms with van der Waals surface area (Å²) in [6, 6.07) is 0. The van der Waals surface area contributed by atoms with Crippen LogP contribution in [-0.4, -0.2) is 36.0 Å². The Hall–Kier alpha value is -1.74. The SMILES string of the molecule is O=C1C=CC(C2CC(=O)OC2C(F)(F)F)(C(F)(F)F)O1. The highest BCUT2D eigenvalue weighted by Crippen LogP contribution is 2.51. The van der Waals surface area contributed by atoms with E-state index < -0.39 is 48.3 Å². The van der Waals surface area contributed by atoms with E-state index in [1.165, 1.54) is 0 Å². The van der Waals surface area contributed by atoms with Crippen LogP contribution in [0.25, 0.3) is 0 Å². The maximum atomic E-state index is 13.1. The lowest BCUT2D eigenvalue weighted by Gasteiger charge is -2.36. The molecule has 3 unspecified atom stereocenters. The van der Waals surface area contributed by atoms with E-state index >= 15 is 0 Å². The van der Waals surface area contributed by atoms with Gasteiger partial charge < -0.3 is 9.47 Å². The summed E-state index contributed by atoms with van der Waals surface area (Å²) in [5, 5.41) is 0. The fraction of sp³-hybridized carbons (Fsp3) is 0.600. The van der Waals surface area contributed by atoms with E-state index in [0.717, 1.165) is 0 Å². The summed E-state index contributed by atoms with van der Waals surface area (Å²) in [6.45, 7) is 0. The van der Waals surface area contributed by atoms with E-state index in [-0.39, 0.29) is 6.08 Å². The summed E-state index contributed by atoms with van der Waals surface area (Å²) >= 11 is 0. The van der Waals surface area contributed by atoms with Crippen molar-refractivity contribution in [3.05, 3.63) is 12.2 Å². The molecule has 0 aromatic heterocycles. The highest BCUT2D eigenvalue weighted by molar-refractivity contribution is 5.86. The molecule has 4 nitrogen and oxygen atoms in total. The van der Waals surface area contributed by atoms with Gasteiger partial charge in [0.25, 0.3) is 0 Å². The minimum Gasteiger partial charge on any atom is -0.452 e. The van der Waals surface area contributed by atoms with Gasteiger partial charge >= 0.3 is 24.3 Å². The summed E-state index contributed by atoms with van der Waals surface area (Å²) in [5.41, 5.74) is -3.50. The Morgan fingerprint density at radius 3 is 2.15 bits per heavy atom. The summed E-state index contributed by atoms with van der Waals surface area (Å²) in [6.07, 6.45) is -14.1. The molecular weight excluding hydrogens is 298 g/mol. The fourth-order valence-electron chi connectivity index (χ4n) is 2.22. The van der Waals surface area contributed by atoms with Gasteiger partial charge in [0.15, 0.2) is 0 Å². The average molecular weight is 304 g/mol. The van der Waals surface area contributed by atoms with Crippen LogP contribution in [0.4, 0.5) is 26.3 Å². The maximum absolute atomic E-state index is 13.1. The molecular formula is C10H6F6O4. The topological polar surface area (TPSA) is 52.6 Å². The van der Waals surface area contributed by atoms with E-state index in [9.17, 15) is 35.9 Å². The second-order valence-electron chi connectivity index (χ2n) is 4.31. The van der Waals surface area contributed by atoms with Crippen molar-refractivity contribution in [2.75, 3.05) is 0 Å². The van der Waals surface area contributed by atoms with E-state index in [2.05, 4.69) is 9.47 Å². The van der Waals surface area contributed by atoms with Crippen molar-refractivity contribution < 1.29 is 45.4 Å². The number of cyclic esters (lactones) is 2. The van der Waals surface area contributed by atoms with E-state index in [4.69, 9.17) is 0 Å². The summed E-state index contributed by atoms with van der Waals surface area (Å²) in [4.78, 5) is 21.8. The van der Waals surface area contributed by atoms with Gasteiger partial charge in [0, 0.05) is 6.08 Å². The van der Waals surface area contributed by atoms with E-state index in [0.29, 0.717) is 6.08 Å². The molecule has 1 fully saturated rings. The monoisotopic (exact) mass is 304 g/mol. The van der Waals surface area contributed by atoms with Crippen LogP contribution in [0.3, 0.4) is 0 Å². The molecule has 0 N–H and O–H groups in total. The number of hydrogen-bond donors (Lipinski definition) is 0. The van der Waals surface area contributed by atoms with Gasteiger partial charge in [-0.2, -0.15) is 26.3 Å². The van der Waals surface area contributed by atoms with Gasteiger partial charge in [-0.3, -0.25) is 4.79 Å². The van der Waals surface area contributed by atoms with Crippen LogP contribution in [0.5, 0.6) is 0 Å². The van der Waals surface area contributed by atoms with Crippen molar-refractivity contribution in [1.82, 2.24) is 0 Å². The van der Waals surface area contributed by atoms with Gasteiger partial charge in [0.1, 0.15) is 0 Å². The largest absolute Gasteiger partial charge is 0.452 e. The van der Waals surface area contributed by atoms with Gasteiger partial charge in [-0.25, -0.2) is 4.79 Å². The first-order chi connectivity index (χ1) is 8.97. The van der Waals surface area contributed by atoms with Gasteiger partial charge in [0.2, 0.25) is 11.7 Å².